The molecular weight excluding hydrogens is 489 g/mol. The number of fused-ring (bicyclic) bond motifs is 1. The number of halogens is 1. The largest absolute Gasteiger partial charge is 0.483 e. The van der Waals surface area contributed by atoms with Gasteiger partial charge in [0.1, 0.15) is 22.3 Å². The zero-order valence-electron chi connectivity index (χ0n) is 19.8. The lowest BCUT2D eigenvalue weighted by Crippen LogP contribution is -2.20. The molecule has 2 N–H and O–H groups in total. The third-order valence-corrected chi connectivity index (χ3v) is 6.59. The van der Waals surface area contributed by atoms with Crippen LogP contribution in [0, 0.1) is 12.7 Å². The lowest BCUT2D eigenvalue weighted by molar-refractivity contribution is -0.118. The predicted octanol–water partition coefficient (Wildman–Crippen LogP) is 6.68. The quantitative estimate of drug-likeness (QED) is 0.255. The van der Waals surface area contributed by atoms with Gasteiger partial charge in [0.05, 0.1) is 0 Å². The Kier molecular flexibility index (Phi) is 6.91. The van der Waals surface area contributed by atoms with Crippen LogP contribution >= 0.6 is 11.3 Å². The Balaban J connectivity index is 1.40. The number of para-hydroxylation sites is 1. The molecule has 5 rings (SSSR count). The fourth-order valence-electron chi connectivity index (χ4n) is 3.87. The molecule has 1 heterocycles. The van der Waals surface area contributed by atoms with Gasteiger partial charge in [-0.15, -0.1) is 0 Å². The number of amides is 2. The Morgan fingerprint density at radius 2 is 1.62 bits per heavy atom. The van der Waals surface area contributed by atoms with Gasteiger partial charge in [-0.3, -0.25) is 14.9 Å². The fraction of sp³-hybridized carbons (Fsp3) is 0.0690. The molecule has 6 nitrogen and oxygen atoms in total. The molecule has 0 aliphatic heterocycles. The van der Waals surface area contributed by atoms with Gasteiger partial charge in [0.2, 0.25) is 0 Å². The van der Waals surface area contributed by atoms with Gasteiger partial charge in [0, 0.05) is 11.1 Å². The smallest absolute Gasteiger partial charge is 0.264 e. The highest BCUT2D eigenvalue weighted by atomic mass is 32.1. The van der Waals surface area contributed by atoms with Gasteiger partial charge in [-0.25, -0.2) is 9.37 Å². The Morgan fingerprint density at radius 1 is 0.892 bits per heavy atom. The van der Waals surface area contributed by atoms with Gasteiger partial charge in [-0.1, -0.05) is 65.9 Å². The number of aryl methyl sites for hydroxylation is 1. The standard InChI is InChI=1S/C29H22FN3O3S/c1-18-7-2-5-12-24(18)36-17-25(34)31-29-32-26(20-13-15-21(30)16-14-20)28(37-29)33-27(35)23-11-6-9-19-8-3-4-10-22(19)23/h2-16H,17H2,1H3,(H,33,35)(H,31,32,34). The third-order valence-electron chi connectivity index (χ3n) is 5.70. The van der Waals surface area contributed by atoms with Crippen molar-refractivity contribution >= 4 is 44.1 Å². The van der Waals surface area contributed by atoms with Crippen LogP contribution in [-0.2, 0) is 4.79 Å². The van der Waals surface area contributed by atoms with Crippen LogP contribution < -0.4 is 15.4 Å². The first-order valence-corrected chi connectivity index (χ1v) is 12.3. The number of nitrogens with one attached hydrogen (secondary N) is 2. The van der Waals surface area contributed by atoms with Crippen LogP contribution in [0.5, 0.6) is 5.75 Å². The van der Waals surface area contributed by atoms with Crippen LogP contribution in [0.25, 0.3) is 22.0 Å². The molecule has 0 atom stereocenters. The molecule has 184 valence electrons. The Morgan fingerprint density at radius 3 is 2.43 bits per heavy atom. The second kappa shape index (κ2) is 10.6. The van der Waals surface area contributed by atoms with Crippen LogP contribution in [0.4, 0.5) is 14.5 Å². The van der Waals surface area contributed by atoms with Gasteiger partial charge in [-0.05, 0) is 59.7 Å². The van der Waals surface area contributed by atoms with E-state index in [1.54, 1.807) is 24.3 Å². The zero-order chi connectivity index (χ0) is 25.8. The molecule has 2 amide bonds. The summed E-state index contributed by atoms with van der Waals surface area (Å²) in [7, 11) is 0. The fourth-order valence-corrected chi connectivity index (χ4v) is 4.77. The highest BCUT2D eigenvalue weighted by Crippen LogP contribution is 2.36. The van der Waals surface area contributed by atoms with Crippen molar-refractivity contribution in [1.29, 1.82) is 0 Å². The van der Waals surface area contributed by atoms with E-state index >= 15 is 0 Å². The Labute approximate surface area is 216 Å². The summed E-state index contributed by atoms with van der Waals surface area (Å²) in [4.78, 5) is 30.4. The molecule has 0 spiro atoms. The minimum atomic E-state index is -0.394. The minimum Gasteiger partial charge on any atom is -0.483 e. The van der Waals surface area contributed by atoms with Crippen molar-refractivity contribution < 1.29 is 18.7 Å². The number of hydrogen-bond acceptors (Lipinski definition) is 5. The maximum atomic E-state index is 13.6. The molecule has 8 heteroatoms. The van der Waals surface area contributed by atoms with Crippen molar-refractivity contribution in [2.75, 3.05) is 17.2 Å². The van der Waals surface area contributed by atoms with Crippen molar-refractivity contribution in [3.63, 3.8) is 0 Å². The van der Waals surface area contributed by atoms with Crippen molar-refractivity contribution in [2.24, 2.45) is 0 Å². The van der Waals surface area contributed by atoms with E-state index in [0.29, 0.717) is 27.6 Å². The average Bonchev–Trinajstić information content (AvgIpc) is 3.29. The highest BCUT2D eigenvalue weighted by molar-refractivity contribution is 7.20. The van der Waals surface area contributed by atoms with Gasteiger partial charge in [0.25, 0.3) is 11.8 Å². The number of benzene rings is 4. The Bertz CT molecular complexity index is 1590. The first-order chi connectivity index (χ1) is 18.0. The number of anilines is 2. The molecule has 0 aliphatic rings. The summed E-state index contributed by atoms with van der Waals surface area (Å²) in [6, 6.07) is 26.3. The maximum absolute atomic E-state index is 13.6. The van der Waals surface area contributed by atoms with Crippen LogP contribution in [-0.4, -0.2) is 23.4 Å². The van der Waals surface area contributed by atoms with E-state index in [1.807, 2.05) is 61.5 Å². The van der Waals surface area contributed by atoms with Gasteiger partial charge >= 0.3 is 0 Å². The number of rotatable bonds is 7. The van der Waals surface area contributed by atoms with E-state index in [1.165, 1.54) is 12.1 Å². The topological polar surface area (TPSA) is 80.3 Å². The SMILES string of the molecule is Cc1ccccc1OCC(=O)Nc1nc(-c2ccc(F)cc2)c(NC(=O)c2cccc3ccccc23)s1. The van der Waals surface area contributed by atoms with Crippen molar-refractivity contribution in [1.82, 2.24) is 4.98 Å². The summed E-state index contributed by atoms with van der Waals surface area (Å²) in [5.41, 5.74) is 2.45. The summed E-state index contributed by atoms with van der Waals surface area (Å²) in [6.45, 7) is 1.70. The lowest BCUT2D eigenvalue weighted by atomic mass is 10.0. The monoisotopic (exact) mass is 511 g/mol. The maximum Gasteiger partial charge on any atom is 0.264 e. The predicted molar refractivity (Wildman–Crippen MR) is 145 cm³/mol. The first kappa shape index (κ1) is 24.1. The van der Waals surface area contributed by atoms with E-state index in [9.17, 15) is 14.0 Å². The number of nitrogens with zero attached hydrogens (tertiary/aromatic N) is 1. The van der Waals surface area contributed by atoms with E-state index in [0.717, 1.165) is 27.7 Å². The third kappa shape index (κ3) is 5.49. The molecule has 37 heavy (non-hydrogen) atoms. The molecule has 0 aliphatic carbocycles. The summed E-state index contributed by atoms with van der Waals surface area (Å²) < 4.78 is 19.2. The summed E-state index contributed by atoms with van der Waals surface area (Å²) >= 11 is 1.12. The molecule has 0 saturated heterocycles. The lowest BCUT2D eigenvalue weighted by Gasteiger charge is -2.08. The van der Waals surface area contributed by atoms with Crippen LogP contribution in [0.3, 0.4) is 0 Å². The highest BCUT2D eigenvalue weighted by Gasteiger charge is 2.19. The summed E-state index contributed by atoms with van der Waals surface area (Å²) in [5, 5.41) is 8.14. The number of carbonyl (C=O) groups excluding carboxylic acids is 2. The van der Waals surface area contributed by atoms with Gasteiger partial charge in [0.15, 0.2) is 11.7 Å². The number of hydrogen-bond donors (Lipinski definition) is 2. The molecule has 0 bridgehead atoms. The van der Waals surface area contributed by atoms with Crippen LogP contribution in [0.1, 0.15) is 15.9 Å². The number of thiazole rings is 1. The van der Waals surface area contributed by atoms with Gasteiger partial charge < -0.3 is 10.1 Å². The minimum absolute atomic E-state index is 0.200. The van der Waals surface area contributed by atoms with Crippen molar-refractivity contribution in [3.05, 3.63) is 108 Å². The van der Waals surface area contributed by atoms with Crippen molar-refractivity contribution in [2.45, 2.75) is 6.92 Å². The molecule has 4 aromatic carbocycles. The van der Waals surface area contributed by atoms with Crippen LogP contribution in [0.2, 0.25) is 0 Å². The zero-order valence-corrected chi connectivity index (χ0v) is 20.6. The Hall–Kier alpha value is -4.56. The van der Waals surface area contributed by atoms with Crippen LogP contribution in [0.15, 0.2) is 91.0 Å². The van der Waals surface area contributed by atoms with Crippen molar-refractivity contribution in [3.8, 4) is 17.0 Å². The number of carbonyl (C=O) groups is 2. The first-order valence-electron chi connectivity index (χ1n) is 11.5. The second-order valence-electron chi connectivity index (χ2n) is 8.29. The van der Waals surface area contributed by atoms with E-state index in [2.05, 4.69) is 15.6 Å². The average molecular weight is 512 g/mol. The molecular formula is C29H22FN3O3S. The molecule has 0 unspecified atom stereocenters. The number of aromatic nitrogens is 1. The van der Waals surface area contributed by atoms with E-state index < -0.39 is 5.91 Å². The molecule has 1 aromatic heterocycles. The number of ether oxygens (including phenoxy) is 1. The summed E-state index contributed by atoms with van der Waals surface area (Å²) in [5.74, 6) is -0.479. The normalized spacial score (nSPS) is 10.8. The van der Waals surface area contributed by atoms with Gasteiger partial charge in [-0.2, -0.15) is 0 Å². The van der Waals surface area contributed by atoms with E-state index in [4.69, 9.17) is 4.74 Å². The molecule has 0 radical (unpaired) electrons. The summed E-state index contributed by atoms with van der Waals surface area (Å²) in [6.07, 6.45) is 0. The molecule has 5 aromatic rings. The second-order valence-corrected chi connectivity index (χ2v) is 9.29. The molecule has 0 saturated carbocycles. The van der Waals surface area contributed by atoms with E-state index in [-0.39, 0.29) is 23.5 Å². The molecule has 0 fully saturated rings.